The van der Waals surface area contributed by atoms with E-state index in [-0.39, 0.29) is 39.5 Å². The predicted octanol–water partition coefficient (Wildman–Crippen LogP) is -5.06. The Balaban J connectivity index is 0.00000312. The maximum absolute atomic E-state index is 13.7. The Morgan fingerprint density at radius 2 is 1.58 bits per heavy atom. The van der Waals surface area contributed by atoms with Gasteiger partial charge >= 0.3 is 0 Å². The fourth-order valence-electron chi connectivity index (χ4n) is 2.25. The van der Waals surface area contributed by atoms with Crippen LogP contribution in [-0.2, 0) is 13.1 Å². The third kappa shape index (κ3) is 6.75. The van der Waals surface area contributed by atoms with Gasteiger partial charge in [0.1, 0.15) is 13.1 Å². The molecule has 2 aromatic rings. The number of carbonyl (C=O) groups is 1. The van der Waals surface area contributed by atoms with E-state index in [1.165, 1.54) is 4.57 Å². The molecule has 0 radical (unpaired) electrons. The summed E-state index contributed by atoms with van der Waals surface area (Å²) in [6.07, 6.45) is 8.06. The van der Waals surface area contributed by atoms with Gasteiger partial charge in [-0.2, -0.15) is 13.3 Å². The highest BCUT2D eigenvalue weighted by atomic mass is 79.9. The zero-order valence-electron chi connectivity index (χ0n) is 13.7. The molecule has 0 aliphatic rings. The van der Waals surface area contributed by atoms with Crippen LogP contribution in [0.5, 0.6) is 0 Å². The van der Waals surface area contributed by atoms with Gasteiger partial charge in [-0.05, 0) is 0 Å². The van der Waals surface area contributed by atoms with E-state index in [9.17, 15) is 13.6 Å². The van der Waals surface area contributed by atoms with Crippen LogP contribution in [0.15, 0.2) is 42.1 Å². The van der Waals surface area contributed by atoms with Crippen LogP contribution in [0, 0.1) is 11.6 Å². The number of aryl methyl sites for hydroxylation is 2. The molecule has 26 heavy (non-hydrogen) atoms. The minimum atomic E-state index is -0.788. The molecule has 2 rings (SSSR count). The molecule has 0 aliphatic heterocycles. The summed E-state index contributed by atoms with van der Waals surface area (Å²) in [5.74, 6) is -2.05. The number of aromatic nitrogens is 2. The molecule has 0 spiro atoms. The first-order chi connectivity index (χ1) is 11.5. The molecule has 0 saturated carbocycles. The Morgan fingerprint density at radius 1 is 1.08 bits per heavy atom. The Kier molecular flexibility index (Phi) is 10.8. The van der Waals surface area contributed by atoms with Crippen LogP contribution < -0.4 is 48.8 Å². The second-order valence-electron chi connectivity index (χ2n) is 5.25. The molecule has 6 nitrogen and oxygen atoms in total. The minimum absolute atomic E-state index is 0. The molecule has 142 valence electrons. The van der Waals surface area contributed by atoms with Gasteiger partial charge in [-0.25, -0.2) is 4.57 Å². The van der Waals surface area contributed by atoms with Crippen molar-refractivity contribution in [2.24, 2.45) is 10.9 Å². The van der Waals surface area contributed by atoms with E-state index in [0.717, 1.165) is 25.0 Å². The molecule has 0 atom stereocenters. The van der Waals surface area contributed by atoms with Crippen LogP contribution in [0.3, 0.4) is 0 Å². The standard InChI is InChI=1S/C16H16F2N4O2.2BrH/c17-14-10-22(11-15(18)13(14)9-20-24)6-2-1-5-21-7-3-12(4-8-21)16(19)23;;/h3-4,7-11H,1-2,5-6H2,(H-,19,23);2*1H. The topological polar surface area (TPSA) is 83.4 Å². The van der Waals surface area contributed by atoms with Gasteiger partial charge in [0.25, 0.3) is 0 Å². The Labute approximate surface area is 170 Å². The van der Waals surface area contributed by atoms with Crippen LogP contribution in [-0.4, -0.2) is 17.3 Å². The van der Waals surface area contributed by atoms with Crippen LogP contribution in [0.25, 0.3) is 0 Å². The van der Waals surface area contributed by atoms with E-state index in [4.69, 9.17) is 10.9 Å². The molecular weight excluding hydrogens is 478 g/mol. The zero-order chi connectivity index (χ0) is 17.5. The van der Waals surface area contributed by atoms with Crippen LogP contribution in [0.4, 0.5) is 8.78 Å². The van der Waals surface area contributed by atoms with Crippen molar-refractivity contribution < 1.29 is 61.9 Å². The largest absolute Gasteiger partial charge is 1.00 e. The number of oxime groups is 1. The van der Waals surface area contributed by atoms with Gasteiger partial charge in [0, 0.05) is 25.0 Å². The number of primary amides is 1. The quantitative estimate of drug-likeness (QED) is 0.132. The Morgan fingerprint density at radius 3 is 2.04 bits per heavy atom. The molecule has 0 bridgehead atoms. The van der Waals surface area contributed by atoms with E-state index in [2.05, 4.69) is 5.16 Å². The SMILES string of the molecule is NC(=O)c1cc[n+](CCCC[n+]2cc(F)c(C=NO)c(F)c2)cc1.[Br-].[Br-]. The van der Waals surface area contributed by atoms with Gasteiger partial charge in [0.05, 0.1) is 17.3 Å². The predicted molar refractivity (Wildman–Crippen MR) is 80.3 cm³/mol. The summed E-state index contributed by atoms with van der Waals surface area (Å²) < 4.78 is 30.7. The highest BCUT2D eigenvalue weighted by Crippen LogP contribution is 2.06. The summed E-state index contributed by atoms with van der Waals surface area (Å²) >= 11 is 0. The number of hydrogen-bond acceptors (Lipinski definition) is 3. The lowest BCUT2D eigenvalue weighted by Gasteiger charge is -2.00. The first-order valence-corrected chi connectivity index (χ1v) is 7.35. The Bertz CT molecular complexity index is 735. The number of amides is 1. The molecule has 10 heteroatoms. The van der Waals surface area contributed by atoms with Crippen LogP contribution in [0.2, 0.25) is 0 Å². The lowest BCUT2D eigenvalue weighted by molar-refractivity contribution is -0.709. The van der Waals surface area contributed by atoms with E-state index in [1.54, 1.807) is 24.5 Å². The summed E-state index contributed by atoms with van der Waals surface area (Å²) in [6, 6.07) is 3.28. The number of nitrogens with zero attached hydrogens (tertiary/aromatic N) is 3. The van der Waals surface area contributed by atoms with Gasteiger partial charge in [0.2, 0.25) is 18.3 Å². The summed E-state index contributed by atoms with van der Waals surface area (Å²) in [6.45, 7) is 1.16. The third-order valence-electron chi connectivity index (χ3n) is 3.52. The van der Waals surface area contributed by atoms with Crippen LogP contribution in [0.1, 0.15) is 28.8 Å². The minimum Gasteiger partial charge on any atom is -1.00 e. The molecule has 0 saturated heterocycles. The van der Waals surface area contributed by atoms with Crippen molar-refractivity contribution in [2.75, 3.05) is 0 Å². The third-order valence-corrected chi connectivity index (χ3v) is 3.52. The van der Waals surface area contributed by atoms with Crippen molar-refractivity contribution in [3.63, 3.8) is 0 Å². The summed E-state index contributed by atoms with van der Waals surface area (Å²) in [5, 5.41) is 11.0. The van der Waals surface area contributed by atoms with Gasteiger partial charge in [-0.3, -0.25) is 4.79 Å². The second-order valence-corrected chi connectivity index (χ2v) is 5.25. The number of nitrogens with two attached hydrogens (primary N) is 1. The summed E-state index contributed by atoms with van der Waals surface area (Å²) in [4.78, 5) is 11.0. The van der Waals surface area contributed by atoms with Crippen molar-refractivity contribution in [1.82, 2.24) is 0 Å². The number of pyridine rings is 2. The highest BCUT2D eigenvalue weighted by Gasteiger charge is 2.15. The number of halogens is 4. The average molecular weight is 496 g/mol. The average Bonchev–Trinajstić information content (AvgIpc) is 2.55. The summed E-state index contributed by atoms with van der Waals surface area (Å²) in [5.41, 5.74) is 5.24. The molecule has 2 heterocycles. The van der Waals surface area contributed by atoms with E-state index in [0.29, 0.717) is 25.1 Å². The van der Waals surface area contributed by atoms with Crippen molar-refractivity contribution in [3.8, 4) is 0 Å². The fourth-order valence-corrected chi connectivity index (χ4v) is 2.25. The second kappa shape index (κ2) is 11.6. The normalized spacial score (nSPS) is 10.2. The molecule has 1 amide bonds. The first-order valence-electron chi connectivity index (χ1n) is 7.35. The Hall–Kier alpha value is -1.94. The number of carbonyl (C=O) groups excluding carboxylic acids is 1. The van der Waals surface area contributed by atoms with Crippen molar-refractivity contribution in [1.29, 1.82) is 0 Å². The molecule has 0 aromatic carbocycles. The van der Waals surface area contributed by atoms with Gasteiger partial charge in [0.15, 0.2) is 24.0 Å². The van der Waals surface area contributed by atoms with E-state index >= 15 is 0 Å². The van der Waals surface area contributed by atoms with Gasteiger partial charge in [-0.1, -0.05) is 5.16 Å². The molecule has 2 aromatic heterocycles. The maximum atomic E-state index is 13.7. The number of unbranched alkanes of at least 4 members (excludes halogenated alkanes) is 1. The molecule has 0 unspecified atom stereocenters. The van der Waals surface area contributed by atoms with Crippen molar-refractivity contribution in [2.45, 2.75) is 25.9 Å². The van der Waals surface area contributed by atoms with E-state index in [1.807, 2.05) is 4.57 Å². The van der Waals surface area contributed by atoms with Crippen molar-refractivity contribution in [3.05, 3.63) is 59.7 Å². The molecular formula is C16H18Br2F2N4O2. The lowest BCUT2D eigenvalue weighted by atomic mass is 10.2. The zero-order valence-corrected chi connectivity index (χ0v) is 16.8. The fraction of sp³-hybridized carbons (Fsp3) is 0.250. The molecule has 3 N–H and O–H groups in total. The van der Waals surface area contributed by atoms with Crippen molar-refractivity contribution >= 4 is 12.1 Å². The lowest BCUT2D eigenvalue weighted by Crippen LogP contribution is -3.00. The molecule has 0 fully saturated rings. The number of hydrogen-bond donors (Lipinski definition) is 2. The highest BCUT2D eigenvalue weighted by molar-refractivity contribution is 5.92. The summed E-state index contributed by atoms with van der Waals surface area (Å²) in [7, 11) is 0. The van der Waals surface area contributed by atoms with Crippen LogP contribution >= 0.6 is 0 Å². The first kappa shape index (κ1) is 24.1. The number of rotatable bonds is 7. The maximum Gasteiger partial charge on any atom is 0.249 e. The molecule has 0 aliphatic carbocycles. The smallest absolute Gasteiger partial charge is 0.249 e. The van der Waals surface area contributed by atoms with E-state index < -0.39 is 17.5 Å². The monoisotopic (exact) mass is 494 g/mol. The van der Waals surface area contributed by atoms with Gasteiger partial charge in [-0.15, -0.1) is 0 Å². The van der Waals surface area contributed by atoms with Gasteiger partial charge < -0.3 is 44.9 Å².